The van der Waals surface area contributed by atoms with Crippen molar-refractivity contribution in [2.24, 2.45) is 0 Å². The van der Waals surface area contributed by atoms with Gasteiger partial charge in [-0.25, -0.2) is 0 Å². The topological polar surface area (TPSA) is 74.0 Å². The van der Waals surface area contributed by atoms with E-state index >= 15 is 0 Å². The van der Waals surface area contributed by atoms with E-state index in [1.54, 1.807) is 13.4 Å². The number of methoxy groups -OCH3 is 1. The third-order valence-corrected chi connectivity index (χ3v) is 3.33. The minimum absolute atomic E-state index is 0.0185. The Hall–Kier alpha value is -2.15. The number of hydrogen-bond donors (Lipinski definition) is 1. The van der Waals surface area contributed by atoms with Crippen molar-refractivity contribution in [3.05, 3.63) is 36.7 Å². The SMILES string of the molecule is CCC(C(=O)NCc1nncn1CCOC)n1cccc1. The molecule has 7 nitrogen and oxygen atoms in total. The number of rotatable bonds is 8. The number of amides is 1. The number of carbonyl (C=O) groups is 1. The Morgan fingerprint density at radius 3 is 2.86 bits per heavy atom. The summed E-state index contributed by atoms with van der Waals surface area (Å²) < 4.78 is 8.82. The van der Waals surface area contributed by atoms with E-state index in [9.17, 15) is 4.79 Å². The molecule has 0 aliphatic heterocycles. The third-order valence-electron chi connectivity index (χ3n) is 3.33. The fourth-order valence-electron chi connectivity index (χ4n) is 2.16. The lowest BCUT2D eigenvalue weighted by molar-refractivity contribution is -0.124. The predicted molar refractivity (Wildman–Crippen MR) is 77.5 cm³/mol. The molecule has 0 spiro atoms. The van der Waals surface area contributed by atoms with Crippen molar-refractivity contribution in [3.63, 3.8) is 0 Å². The first-order valence-corrected chi connectivity index (χ1v) is 7.02. The maximum Gasteiger partial charge on any atom is 0.243 e. The van der Waals surface area contributed by atoms with Crippen molar-refractivity contribution in [3.8, 4) is 0 Å². The molecule has 1 unspecified atom stereocenters. The Morgan fingerprint density at radius 1 is 1.43 bits per heavy atom. The van der Waals surface area contributed by atoms with E-state index in [-0.39, 0.29) is 11.9 Å². The van der Waals surface area contributed by atoms with Gasteiger partial charge in [0.1, 0.15) is 12.4 Å². The molecule has 0 bridgehead atoms. The van der Waals surface area contributed by atoms with Gasteiger partial charge >= 0.3 is 0 Å². The van der Waals surface area contributed by atoms with Crippen molar-refractivity contribution in [2.75, 3.05) is 13.7 Å². The Morgan fingerprint density at radius 2 is 2.19 bits per heavy atom. The minimum atomic E-state index is -0.199. The minimum Gasteiger partial charge on any atom is -0.383 e. The number of hydrogen-bond acceptors (Lipinski definition) is 4. The van der Waals surface area contributed by atoms with Crippen LogP contribution in [0.5, 0.6) is 0 Å². The molecule has 2 aromatic heterocycles. The standard InChI is InChI=1S/C14H21N5O2/c1-3-12(18-6-4-5-7-18)14(20)15-10-13-17-16-11-19(13)8-9-21-2/h4-7,11-12H,3,8-10H2,1-2H3,(H,15,20). The van der Waals surface area contributed by atoms with Gasteiger partial charge in [0.05, 0.1) is 13.2 Å². The number of nitrogens with zero attached hydrogens (tertiary/aromatic N) is 4. The van der Waals surface area contributed by atoms with Crippen molar-refractivity contribution >= 4 is 5.91 Å². The van der Waals surface area contributed by atoms with E-state index in [0.29, 0.717) is 19.7 Å². The molecule has 1 atom stereocenters. The molecule has 2 heterocycles. The molecule has 0 aliphatic rings. The van der Waals surface area contributed by atoms with Crippen molar-refractivity contribution in [2.45, 2.75) is 32.5 Å². The molecule has 0 saturated carbocycles. The average molecular weight is 291 g/mol. The summed E-state index contributed by atoms with van der Waals surface area (Å²) in [6, 6.07) is 3.63. The van der Waals surface area contributed by atoms with Crippen LogP contribution in [0.3, 0.4) is 0 Å². The van der Waals surface area contributed by atoms with Gasteiger partial charge in [-0.05, 0) is 18.6 Å². The summed E-state index contributed by atoms with van der Waals surface area (Å²) in [7, 11) is 1.65. The molecular formula is C14H21N5O2. The maximum atomic E-state index is 12.3. The van der Waals surface area contributed by atoms with Gasteiger partial charge in [-0.1, -0.05) is 6.92 Å². The van der Waals surface area contributed by atoms with Crippen LogP contribution in [0, 0.1) is 0 Å². The molecule has 2 rings (SSSR count). The van der Waals surface area contributed by atoms with Crippen LogP contribution in [0.15, 0.2) is 30.9 Å². The Labute approximate surface area is 123 Å². The molecule has 0 aliphatic carbocycles. The van der Waals surface area contributed by atoms with Crippen LogP contribution in [0.4, 0.5) is 0 Å². The number of nitrogens with one attached hydrogen (secondary N) is 1. The second-order valence-corrected chi connectivity index (χ2v) is 4.71. The van der Waals surface area contributed by atoms with Crippen molar-refractivity contribution in [1.29, 1.82) is 0 Å². The first-order valence-electron chi connectivity index (χ1n) is 7.02. The molecule has 114 valence electrons. The molecule has 0 aromatic carbocycles. The second-order valence-electron chi connectivity index (χ2n) is 4.71. The van der Waals surface area contributed by atoms with Crippen molar-refractivity contribution in [1.82, 2.24) is 24.6 Å². The molecule has 0 radical (unpaired) electrons. The lowest BCUT2D eigenvalue weighted by Gasteiger charge is -2.16. The van der Waals surface area contributed by atoms with E-state index in [1.165, 1.54) is 0 Å². The molecular weight excluding hydrogens is 270 g/mol. The smallest absolute Gasteiger partial charge is 0.243 e. The van der Waals surface area contributed by atoms with Gasteiger partial charge in [0.15, 0.2) is 5.82 Å². The van der Waals surface area contributed by atoms with Gasteiger partial charge in [0.2, 0.25) is 5.91 Å². The fraction of sp³-hybridized carbons (Fsp3) is 0.500. The zero-order valence-corrected chi connectivity index (χ0v) is 12.4. The molecule has 21 heavy (non-hydrogen) atoms. The fourth-order valence-corrected chi connectivity index (χ4v) is 2.16. The number of carbonyl (C=O) groups excluding carboxylic acids is 1. The van der Waals surface area contributed by atoms with E-state index in [0.717, 1.165) is 12.2 Å². The lowest BCUT2D eigenvalue weighted by atomic mass is 10.2. The Bertz CT molecular complexity index is 549. The zero-order valence-electron chi connectivity index (χ0n) is 12.4. The first kappa shape index (κ1) is 15.2. The molecule has 0 fully saturated rings. The number of ether oxygens (including phenoxy) is 1. The van der Waals surface area contributed by atoms with Gasteiger partial charge in [-0.15, -0.1) is 10.2 Å². The van der Waals surface area contributed by atoms with Crippen LogP contribution >= 0.6 is 0 Å². The van der Waals surface area contributed by atoms with Gasteiger partial charge in [-0.2, -0.15) is 0 Å². The predicted octanol–water partition coefficient (Wildman–Crippen LogP) is 0.993. The first-order chi connectivity index (χ1) is 10.3. The molecule has 7 heteroatoms. The van der Waals surface area contributed by atoms with E-state index in [1.807, 2.05) is 40.6 Å². The molecule has 1 amide bonds. The van der Waals surface area contributed by atoms with Gasteiger partial charge in [0.25, 0.3) is 0 Å². The zero-order chi connectivity index (χ0) is 15.1. The summed E-state index contributed by atoms with van der Waals surface area (Å²) in [5.41, 5.74) is 0. The largest absolute Gasteiger partial charge is 0.383 e. The normalized spacial score (nSPS) is 12.3. The van der Waals surface area contributed by atoms with Crippen LogP contribution in [-0.2, 0) is 22.6 Å². The van der Waals surface area contributed by atoms with Crippen LogP contribution < -0.4 is 5.32 Å². The molecule has 0 saturated heterocycles. The van der Waals surface area contributed by atoms with Crippen LogP contribution in [0.25, 0.3) is 0 Å². The van der Waals surface area contributed by atoms with Crippen LogP contribution in [0.1, 0.15) is 25.2 Å². The highest BCUT2D eigenvalue weighted by Crippen LogP contribution is 2.11. The van der Waals surface area contributed by atoms with E-state index < -0.39 is 0 Å². The summed E-state index contributed by atoms with van der Waals surface area (Å²) >= 11 is 0. The summed E-state index contributed by atoms with van der Waals surface area (Å²) in [6.45, 7) is 3.61. The Kier molecular flexibility index (Phi) is 5.51. The van der Waals surface area contributed by atoms with Crippen molar-refractivity contribution < 1.29 is 9.53 Å². The van der Waals surface area contributed by atoms with Gasteiger partial charge < -0.3 is 19.2 Å². The van der Waals surface area contributed by atoms with Gasteiger partial charge in [0, 0.05) is 26.0 Å². The lowest BCUT2D eigenvalue weighted by Crippen LogP contribution is -2.32. The average Bonchev–Trinajstić information content (AvgIpc) is 3.15. The number of aromatic nitrogens is 4. The summed E-state index contributed by atoms with van der Waals surface area (Å²) in [5.74, 6) is 0.706. The Balaban J connectivity index is 1.93. The monoisotopic (exact) mass is 291 g/mol. The quantitative estimate of drug-likeness (QED) is 0.787. The van der Waals surface area contributed by atoms with E-state index in [4.69, 9.17) is 4.74 Å². The highest BCUT2D eigenvalue weighted by atomic mass is 16.5. The summed E-state index contributed by atoms with van der Waals surface area (Å²) in [6.07, 6.45) is 6.17. The van der Waals surface area contributed by atoms with Crippen LogP contribution in [0.2, 0.25) is 0 Å². The molecule has 2 aromatic rings. The molecule has 1 N–H and O–H groups in total. The summed E-state index contributed by atoms with van der Waals surface area (Å²) in [4.78, 5) is 12.3. The third kappa shape index (κ3) is 3.91. The van der Waals surface area contributed by atoms with Gasteiger partial charge in [-0.3, -0.25) is 4.79 Å². The maximum absolute atomic E-state index is 12.3. The summed E-state index contributed by atoms with van der Waals surface area (Å²) in [5, 5.41) is 10.8. The van der Waals surface area contributed by atoms with E-state index in [2.05, 4.69) is 15.5 Å². The highest BCUT2D eigenvalue weighted by Gasteiger charge is 2.17. The van der Waals surface area contributed by atoms with Crippen LogP contribution in [-0.4, -0.2) is 39.0 Å². The second kappa shape index (κ2) is 7.58. The highest BCUT2D eigenvalue weighted by molar-refractivity contribution is 5.80.